The summed E-state index contributed by atoms with van der Waals surface area (Å²) in [5.74, 6) is -0.830. The fourth-order valence-electron chi connectivity index (χ4n) is 7.93. The number of amides is 5. The Morgan fingerprint density at radius 1 is 0.945 bits per heavy atom. The van der Waals surface area contributed by atoms with Crippen molar-refractivity contribution in [3.8, 4) is 0 Å². The number of nitrogens with zero attached hydrogens (tertiary/aromatic N) is 3. The molecule has 3 rings (SSSR count). The standard InChI is InChI=1S/C43H66N6O6/c1-10-30(4)40(48(8)43(54)32(6)46-42(53)39(29(2)3)47(7)27-34-18-20-35(21-19-34)45-28-50)37(55-9)26-38(51)49-24-14-17-36(49)25-31(5)41(52)44-23-22-33-15-12-11-13-16-33/h11-13,15-16,18-21,28-32,36-37,39-40H,10,14,17,22-27H2,1-9H3,(H,44,52)(H,45,50)(H,46,53)/t30?,31?,32-,36-,37?,39?,40?/m0/s1. The van der Waals surface area contributed by atoms with Gasteiger partial charge in [0.25, 0.3) is 0 Å². The van der Waals surface area contributed by atoms with Gasteiger partial charge in [-0.3, -0.25) is 28.9 Å². The lowest BCUT2D eigenvalue weighted by Crippen LogP contribution is -2.57. The van der Waals surface area contributed by atoms with Crippen molar-refractivity contribution in [3.63, 3.8) is 0 Å². The molecule has 1 aliphatic heterocycles. The third-order valence-electron chi connectivity index (χ3n) is 11.1. The van der Waals surface area contributed by atoms with Crippen LogP contribution in [0.5, 0.6) is 0 Å². The van der Waals surface area contributed by atoms with Crippen LogP contribution in [0.1, 0.15) is 84.8 Å². The smallest absolute Gasteiger partial charge is 0.244 e. The minimum atomic E-state index is -0.816. The number of hydrogen-bond donors (Lipinski definition) is 3. The van der Waals surface area contributed by atoms with Crippen molar-refractivity contribution in [2.24, 2.45) is 17.8 Å². The zero-order valence-corrected chi connectivity index (χ0v) is 34.5. The van der Waals surface area contributed by atoms with Gasteiger partial charge in [0, 0.05) is 51.4 Å². The molecule has 2 aromatic carbocycles. The fraction of sp³-hybridized carbons (Fsp3) is 0.605. The quantitative estimate of drug-likeness (QED) is 0.146. The van der Waals surface area contributed by atoms with Crippen molar-refractivity contribution < 1.29 is 28.7 Å². The van der Waals surface area contributed by atoms with Crippen LogP contribution in [0.4, 0.5) is 5.69 Å². The molecule has 12 nitrogen and oxygen atoms in total. The Kier molecular flexibility index (Phi) is 18.3. The Bertz CT molecular complexity index is 1520. The van der Waals surface area contributed by atoms with E-state index >= 15 is 0 Å². The predicted molar refractivity (Wildman–Crippen MR) is 217 cm³/mol. The van der Waals surface area contributed by atoms with Gasteiger partial charge in [-0.2, -0.15) is 0 Å². The highest BCUT2D eigenvalue weighted by Gasteiger charge is 2.39. The first-order valence-corrected chi connectivity index (χ1v) is 19.9. The first-order valence-electron chi connectivity index (χ1n) is 19.9. The van der Waals surface area contributed by atoms with E-state index in [4.69, 9.17) is 4.74 Å². The Morgan fingerprint density at radius 2 is 1.62 bits per heavy atom. The number of benzene rings is 2. The summed E-state index contributed by atoms with van der Waals surface area (Å²) >= 11 is 0. The lowest BCUT2D eigenvalue weighted by atomic mass is 9.90. The molecule has 0 spiro atoms. The number of nitrogens with one attached hydrogen (secondary N) is 3. The van der Waals surface area contributed by atoms with E-state index in [9.17, 15) is 24.0 Å². The molecule has 0 saturated carbocycles. The summed E-state index contributed by atoms with van der Waals surface area (Å²) in [4.78, 5) is 70.9. The summed E-state index contributed by atoms with van der Waals surface area (Å²) in [6, 6.07) is 15.7. The summed E-state index contributed by atoms with van der Waals surface area (Å²) in [7, 11) is 5.19. The molecule has 2 aromatic rings. The van der Waals surface area contributed by atoms with Crippen LogP contribution in [0, 0.1) is 17.8 Å². The summed E-state index contributed by atoms with van der Waals surface area (Å²) < 4.78 is 5.99. The molecule has 0 bridgehead atoms. The Morgan fingerprint density at radius 3 is 2.22 bits per heavy atom. The SMILES string of the molecule is CCC(C)C(C(CC(=O)N1CCC[C@H]1CC(C)C(=O)NCCc1ccccc1)OC)N(C)C(=O)[C@H](C)NC(=O)C(C(C)C)N(C)Cc1ccc(NC=O)cc1. The Hall–Kier alpha value is -4.29. The van der Waals surface area contributed by atoms with Crippen molar-refractivity contribution >= 4 is 35.7 Å². The number of carbonyl (C=O) groups excluding carboxylic acids is 5. The first-order chi connectivity index (χ1) is 26.2. The number of hydrogen-bond acceptors (Lipinski definition) is 7. The molecular weight excluding hydrogens is 697 g/mol. The number of anilines is 1. The zero-order chi connectivity index (χ0) is 40.7. The van der Waals surface area contributed by atoms with Gasteiger partial charge in [0.05, 0.1) is 24.6 Å². The average molecular weight is 763 g/mol. The highest BCUT2D eigenvalue weighted by atomic mass is 16.5. The lowest BCUT2D eigenvalue weighted by Gasteiger charge is -2.40. The van der Waals surface area contributed by atoms with Crippen molar-refractivity contribution in [1.82, 2.24) is 25.3 Å². The Balaban J connectivity index is 1.62. The number of ether oxygens (including phenoxy) is 1. The van der Waals surface area contributed by atoms with E-state index in [1.54, 1.807) is 26.0 Å². The Labute approximate surface area is 329 Å². The largest absolute Gasteiger partial charge is 0.379 e. The molecule has 5 unspecified atom stereocenters. The summed E-state index contributed by atoms with van der Waals surface area (Å²) in [5, 5.41) is 8.66. The van der Waals surface area contributed by atoms with Crippen molar-refractivity contribution in [3.05, 3.63) is 65.7 Å². The molecule has 0 radical (unpaired) electrons. The molecule has 1 aliphatic rings. The lowest BCUT2D eigenvalue weighted by molar-refractivity contribution is -0.145. The van der Waals surface area contributed by atoms with E-state index in [0.717, 1.165) is 31.2 Å². The van der Waals surface area contributed by atoms with Crippen LogP contribution in [0.2, 0.25) is 0 Å². The van der Waals surface area contributed by atoms with E-state index < -0.39 is 24.2 Å². The van der Waals surface area contributed by atoms with Crippen LogP contribution >= 0.6 is 0 Å². The normalized spacial score (nSPS) is 17.5. The molecule has 304 valence electrons. The molecule has 7 atom stereocenters. The van der Waals surface area contributed by atoms with E-state index in [0.29, 0.717) is 38.2 Å². The molecule has 12 heteroatoms. The van der Waals surface area contributed by atoms with Crippen LogP contribution in [0.25, 0.3) is 0 Å². The highest BCUT2D eigenvalue weighted by Crippen LogP contribution is 2.28. The second kappa shape index (κ2) is 22.3. The second-order valence-electron chi connectivity index (χ2n) is 15.6. The third-order valence-corrected chi connectivity index (χ3v) is 11.1. The average Bonchev–Trinajstić information content (AvgIpc) is 3.63. The van der Waals surface area contributed by atoms with Gasteiger partial charge in [-0.25, -0.2) is 0 Å². The minimum Gasteiger partial charge on any atom is -0.379 e. The number of rotatable bonds is 22. The van der Waals surface area contributed by atoms with Gasteiger partial charge in [-0.05, 0) is 74.8 Å². The molecule has 55 heavy (non-hydrogen) atoms. The summed E-state index contributed by atoms with van der Waals surface area (Å²) in [6.07, 6.45) is 3.98. The maximum Gasteiger partial charge on any atom is 0.244 e. The van der Waals surface area contributed by atoms with Crippen molar-refractivity contribution in [2.45, 2.75) is 117 Å². The molecule has 1 heterocycles. The van der Waals surface area contributed by atoms with Crippen LogP contribution in [0.3, 0.4) is 0 Å². The van der Waals surface area contributed by atoms with E-state index in [1.165, 1.54) is 5.56 Å². The minimum absolute atomic E-state index is 0.00554. The number of likely N-dealkylation sites (tertiary alicyclic amines) is 1. The summed E-state index contributed by atoms with van der Waals surface area (Å²) in [6.45, 7) is 13.4. The predicted octanol–water partition coefficient (Wildman–Crippen LogP) is 4.87. The van der Waals surface area contributed by atoms with E-state index in [1.807, 2.05) is 99.1 Å². The molecular formula is C43H66N6O6. The number of likely N-dealkylation sites (N-methyl/N-ethyl adjacent to an activating group) is 2. The molecule has 1 fully saturated rings. The van der Waals surface area contributed by atoms with Crippen molar-refractivity contribution in [2.75, 3.05) is 39.6 Å². The van der Waals surface area contributed by atoms with Crippen LogP contribution in [-0.4, -0.2) is 109 Å². The molecule has 1 saturated heterocycles. The molecule has 5 amide bonds. The van der Waals surface area contributed by atoms with Gasteiger partial charge in [0.1, 0.15) is 6.04 Å². The van der Waals surface area contributed by atoms with Crippen LogP contribution in [0.15, 0.2) is 54.6 Å². The molecule has 3 N–H and O–H groups in total. The van der Waals surface area contributed by atoms with Crippen molar-refractivity contribution in [1.29, 1.82) is 0 Å². The maximum atomic E-state index is 14.0. The molecule has 0 aromatic heterocycles. The number of methoxy groups -OCH3 is 1. The fourth-order valence-corrected chi connectivity index (χ4v) is 7.93. The third kappa shape index (κ3) is 13.2. The highest BCUT2D eigenvalue weighted by molar-refractivity contribution is 5.90. The number of carbonyl (C=O) groups is 5. The van der Waals surface area contributed by atoms with E-state index in [2.05, 4.69) is 22.9 Å². The van der Waals surface area contributed by atoms with Gasteiger partial charge in [-0.15, -0.1) is 0 Å². The van der Waals surface area contributed by atoms with Gasteiger partial charge in [0.2, 0.25) is 30.0 Å². The maximum absolute atomic E-state index is 14.0. The van der Waals surface area contributed by atoms with E-state index in [-0.39, 0.29) is 53.8 Å². The molecule has 0 aliphatic carbocycles. The van der Waals surface area contributed by atoms with Gasteiger partial charge < -0.3 is 30.5 Å². The first kappa shape index (κ1) is 45.1. The van der Waals surface area contributed by atoms with Gasteiger partial charge in [0.15, 0.2) is 0 Å². The van der Waals surface area contributed by atoms with Crippen LogP contribution in [-0.2, 0) is 41.7 Å². The monoisotopic (exact) mass is 763 g/mol. The van der Waals surface area contributed by atoms with Gasteiger partial charge in [-0.1, -0.05) is 83.5 Å². The summed E-state index contributed by atoms with van der Waals surface area (Å²) in [5.41, 5.74) is 2.84. The second-order valence-corrected chi connectivity index (χ2v) is 15.6. The van der Waals surface area contributed by atoms with Gasteiger partial charge >= 0.3 is 0 Å². The topological polar surface area (TPSA) is 140 Å². The van der Waals surface area contributed by atoms with Crippen LogP contribution < -0.4 is 16.0 Å². The zero-order valence-electron chi connectivity index (χ0n) is 34.5.